The predicted molar refractivity (Wildman–Crippen MR) is 119 cm³/mol. The largest absolute Gasteiger partial charge is 0.467 e. The lowest BCUT2D eigenvalue weighted by Gasteiger charge is -2.33. The number of allylic oxidation sites excluding steroid dienone is 1. The van der Waals surface area contributed by atoms with E-state index in [1.807, 2.05) is 12.1 Å². The van der Waals surface area contributed by atoms with Gasteiger partial charge in [0.05, 0.1) is 22.5 Å². The third-order valence-electron chi connectivity index (χ3n) is 5.57. The topological polar surface area (TPSA) is 79.6 Å². The molecule has 158 valence electrons. The standard InChI is InChI=1S/C23H19ClN2O4S/c24-15-10-12-16(13-11-15)31(28,29)26-19-7-2-1-5-17(19)25-18-6-3-8-20(27)22(18)23(26)21-9-4-14-30-21/h1-2,4-5,7,9-14,23,25H,3,6,8H2/t23-/m1/s1. The average Bonchev–Trinajstić information content (AvgIpc) is 3.23. The molecule has 2 aliphatic rings. The molecule has 0 amide bonds. The van der Waals surface area contributed by atoms with Gasteiger partial charge >= 0.3 is 0 Å². The lowest BCUT2D eigenvalue weighted by Crippen LogP contribution is -2.37. The number of halogens is 1. The normalized spacial score (nSPS) is 18.8. The van der Waals surface area contributed by atoms with Gasteiger partial charge in [-0.05, 0) is 61.4 Å². The Hall–Kier alpha value is -3.03. The highest BCUT2D eigenvalue weighted by atomic mass is 35.5. The van der Waals surface area contributed by atoms with Crippen LogP contribution in [0.15, 0.2) is 87.5 Å². The first-order valence-corrected chi connectivity index (χ1v) is 11.7. The number of carbonyl (C=O) groups excluding carboxylic acids is 1. The third-order valence-corrected chi connectivity index (χ3v) is 7.62. The molecule has 0 saturated heterocycles. The van der Waals surface area contributed by atoms with E-state index in [4.69, 9.17) is 16.0 Å². The molecule has 3 aromatic rings. The second-order valence-corrected chi connectivity index (χ2v) is 9.74. The fourth-order valence-corrected chi connectivity index (χ4v) is 5.93. The number of Topliss-reactive ketones (excluding diaryl/α,β-unsaturated/α-hetero) is 1. The minimum Gasteiger partial charge on any atom is -0.467 e. The molecule has 0 unspecified atom stereocenters. The first-order chi connectivity index (χ1) is 15.0. The minimum atomic E-state index is -4.08. The Morgan fingerprint density at radius 3 is 2.52 bits per heavy atom. The summed E-state index contributed by atoms with van der Waals surface area (Å²) in [5, 5.41) is 3.77. The number of para-hydroxylation sites is 2. The molecule has 0 saturated carbocycles. The maximum absolute atomic E-state index is 14.0. The molecule has 1 aliphatic heterocycles. The van der Waals surface area contributed by atoms with Crippen LogP contribution in [0.5, 0.6) is 0 Å². The van der Waals surface area contributed by atoms with Crippen LogP contribution in [-0.4, -0.2) is 14.2 Å². The van der Waals surface area contributed by atoms with Gasteiger partial charge in [0.15, 0.2) is 5.78 Å². The summed E-state index contributed by atoms with van der Waals surface area (Å²) in [6.07, 6.45) is 3.21. The highest BCUT2D eigenvalue weighted by Gasteiger charge is 2.43. The van der Waals surface area contributed by atoms with Crippen molar-refractivity contribution in [3.05, 3.63) is 89.0 Å². The van der Waals surface area contributed by atoms with Gasteiger partial charge in [-0.2, -0.15) is 0 Å². The lowest BCUT2D eigenvalue weighted by atomic mass is 9.89. The van der Waals surface area contributed by atoms with Crippen molar-refractivity contribution in [2.45, 2.75) is 30.2 Å². The van der Waals surface area contributed by atoms with E-state index >= 15 is 0 Å². The first kappa shape index (κ1) is 19.9. The van der Waals surface area contributed by atoms with Crippen molar-refractivity contribution in [3.8, 4) is 0 Å². The highest BCUT2D eigenvalue weighted by Crippen LogP contribution is 2.47. The van der Waals surface area contributed by atoms with Crippen LogP contribution in [0.2, 0.25) is 5.02 Å². The molecule has 31 heavy (non-hydrogen) atoms. The minimum absolute atomic E-state index is 0.0792. The van der Waals surface area contributed by atoms with Gasteiger partial charge in [0.1, 0.15) is 11.8 Å². The zero-order valence-corrected chi connectivity index (χ0v) is 18.0. The Morgan fingerprint density at radius 2 is 1.77 bits per heavy atom. The third kappa shape index (κ3) is 3.34. The van der Waals surface area contributed by atoms with Crippen molar-refractivity contribution < 1.29 is 17.6 Å². The van der Waals surface area contributed by atoms with Gasteiger partial charge in [0, 0.05) is 22.7 Å². The van der Waals surface area contributed by atoms with Crippen molar-refractivity contribution in [1.82, 2.24) is 0 Å². The number of benzene rings is 2. The summed E-state index contributed by atoms with van der Waals surface area (Å²) >= 11 is 5.99. The van der Waals surface area contributed by atoms with Gasteiger partial charge in [0.25, 0.3) is 10.0 Å². The summed E-state index contributed by atoms with van der Waals surface area (Å²) < 4.78 is 34.9. The summed E-state index contributed by atoms with van der Waals surface area (Å²) in [6.45, 7) is 0. The number of sulfonamides is 1. The number of hydrogen-bond donors (Lipinski definition) is 1. The van der Waals surface area contributed by atoms with Crippen LogP contribution in [0.25, 0.3) is 0 Å². The van der Waals surface area contributed by atoms with Crippen LogP contribution in [0.4, 0.5) is 11.4 Å². The van der Waals surface area contributed by atoms with Crippen molar-refractivity contribution >= 4 is 38.8 Å². The Morgan fingerprint density at radius 1 is 1.00 bits per heavy atom. The first-order valence-electron chi connectivity index (χ1n) is 9.92. The summed E-state index contributed by atoms with van der Waals surface area (Å²) in [7, 11) is -4.08. The number of carbonyl (C=O) groups is 1. The van der Waals surface area contributed by atoms with Gasteiger partial charge in [-0.3, -0.25) is 4.79 Å². The number of anilines is 2. The summed E-state index contributed by atoms with van der Waals surface area (Å²) in [5.41, 5.74) is 2.23. The number of rotatable bonds is 3. The Labute approximate surface area is 185 Å². The van der Waals surface area contributed by atoms with Crippen LogP contribution in [0.3, 0.4) is 0 Å². The van der Waals surface area contributed by atoms with Crippen molar-refractivity contribution in [1.29, 1.82) is 0 Å². The fraction of sp³-hybridized carbons (Fsp3) is 0.174. The van der Waals surface area contributed by atoms with Crippen LogP contribution >= 0.6 is 11.6 Å². The molecule has 6 nitrogen and oxygen atoms in total. The molecule has 5 rings (SSSR count). The molecule has 1 atom stereocenters. The van der Waals surface area contributed by atoms with Crippen molar-refractivity contribution in [2.75, 3.05) is 9.62 Å². The van der Waals surface area contributed by atoms with Crippen LogP contribution in [0, 0.1) is 0 Å². The molecule has 2 heterocycles. The quantitative estimate of drug-likeness (QED) is 0.580. The van der Waals surface area contributed by atoms with Crippen LogP contribution in [-0.2, 0) is 14.8 Å². The molecule has 0 bridgehead atoms. The molecule has 1 aromatic heterocycles. The van der Waals surface area contributed by atoms with E-state index in [9.17, 15) is 13.2 Å². The molecule has 0 radical (unpaired) electrons. The van der Waals surface area contributed by atoms with Gasteiger partial charge < -0.3 is 9.73 Å². The lowest BCUT2D eigenvalue weighted by molar-refractivity contribution is -0.116. The number of ketones is 1. The predicted octanol–water partition coefficient (Wildman–Crippen LogP) is 5.30. The SMILES string of the molecule is O=C1CCCC2=C1[C@@H](c1ccco1)N(S(=O)(=O)c1ccc(Cl)cc1)c1ccccc1N2. The number of nitrogens with one attached hydrogen (secondary N) is 1. The molecule has 2 aromatic carbocycles. The van der Waals surface area contributed by atoms with E-state index in [-0.39, 0.29) is 10.7 Å². The van der Waals surface area contributed by atoms with Gasteiger partial charge in [-0.1, -0.05) is 23.7 Å². The van der Waals surface area contributed by atoms with E-state index in [0.717, 1.165) is 5.70 Å². The Bertz CT molecular complexity index is 1280. The summed E-state index contributed by atoms with van der Waals surface area (Å²) in [5.74, 6) is 0.304. The molecule has 0 spiro atoms. The highest BCUT2D eigenvalue weighted by molar-refractivity contribution is 7.92. The zero-order chi connectivity index (χ0) is 21.6. The van der Waals surface area contributed by atoms with Crippen molar-refractivity contribution in [2.24, 2.45) is 0 Å². The maximum Gasteiger partial charge on any atom is 0.265 e. The number of fused-ring (bicyclic) bond motifs is 1. The summed E-state index contributed by atoms with van der Waals surface area (Å²) in [4.78, 5) is 13.2. The smallest absolute Gasteiger partial charge is 0.265 e. The molecular weight excluding hydrogens is 436 g/mol. The number of hydrogen-bond acceptors (Lipinski definition) is 5. The molecule has 0 fully saturated rings. The van der Waals surface area contributed by atoms with Gasteiger partial charge in [-0.15, -0.1) is 0 Å². The van der Waals surface area contributed by atoms with Gasteiger partial charge in [-0.25, -0.2) is 12.7 Å². The van der Waals surface area contributed by atoms with Crippen LogP contribution in [0.1, 0.15) is 31.1 Å². The average molecular weight is 455 g/mol. The Balaban J connectivity index is 1.82. The zero-order valence-electron chi connectivity index (χ0n) is 16.4. The fourth-order valence-electron chi connectivity index (χ4n) is 4.19. The molecular formula is C23H19ClN2O4S. The monoisotopic (exact) mass is 454 g/mol. The Kier molecular flexibility index (Phi) is 4.87. The van der Waals surface area contributed by atoms with E-state index in [1.165, 1.54) is 34.8 Å². The maximum atomic E-state index is 14.0. The molecule has 1 N–H and O–H groups in total. The number of furan rings is 1. The second-order valence-electron chi connectivity index (χ2n) is 7.48. The van der Waals surface area contributed by atoms with E-state index in [0.29, 0.717) is 47.0 Å². The summed E-state index contributed by atoms with van der Waals surface area (Å²) in [6, 6.07) is 15.6. The second kappa shape index (κ2) is 7.59. The van der Waals surface area contributed by atoms with E-state index in [1.54, 1.807) is 24.3 Å². The number of nitrogens with zero attached hydrogens (tertiary/aromatic N) is 1. The van der Waals surface area contributed by atoms with Crippen LogP contribution < -0.4 is 9.62 Å². The van der Waals surface area contributed by atoms with Gasteiger partial charge in [0.2, 0.25) is 0 Å². The van der Waals surface area contributed by atoms with E-state index in [2.05, 4.69) is 5.32 Å². The molecule has 8 heteroatoms. The molecule has 1 aliphatic carbocycles. The van der Waals surface area contributed by atoms with Crippen molar-refractivity contribution in [3.63, 3.8) is 0 Å². The van der Waals surface area contributed by atoms with E-state index < -0.39 is 16.1 Å².